The number of morpholine rings is 1. The first-order valence-electron chi connectivity index (χ1n) is 13.0. The van der Waals surface area contributed by atoms with Crippen LogP contribution >= 0.6 is 0 Å². The molecule has 3 aromatic rings. The van der Waals surface area contributed by atoms with Gasteiger partial charge in [0.2, 0.25) is 5.95 Å². The van der Waals surface area contributed by atoms with E-state index in [2.05, 4.69) is 10.3 Å². The number of nitrogens with zero attached hydrogens (tertiary/aromatic N) is 5. The van der Waals surface area contributed by atoms with E-state index in [1.165, 1.54) is 36.5 Å². The molecule has 1 unspecified atom stereocenters. The van der Waals surface area contributed by atoms with Gasteiger partial charge in [-0.05, 0) is 43.2 Å². The first-order valence-corrected chi connectivity index (χ1v) is 13.0. The molecule has 2 aliphatic heterocycles. The van der Waals surface area contributed by atoms with Crippen molar-refractivity contribution in [2.24, 2.45) is 0 Å². The summed E-state index contributed by atoms with van der Waals surface area (Å²) in [6.07, 6.45) is -7.47. The Hall–Kier alpha value is -3.65. The molecule has 14 heteroatoms. The summed E-state index contributed by atoms with van der Waals surface area (Å²) in [6.45, 7) is 3.21. The van der Waals surface area contributed by atoms with Gasteiger partial charge in [-0.3, -0.25) is 0 Å². The van der Waals surface area contributed by atoms with Gasteiger partial charge >= 0.3 is 12.4 Å². The number of benzene rings is 1. The molecule has 0 radical (unpaired) electrons. The van der Waals surface area contributed by atoms with Crippen molar-refractivity contribution in [2.75, 3.05) is 54.5 Å². The van der Waals surface area contributed by atoms with Gasteiger partial charge in [0.05, 0.1) is 24.5 Å². The van der Waals surface area contributed by atoms with E-state index in [0.717, 1.165) is 6.07 Å². The zero-order valence-electron chi connectivity index (χ0n) is 22.1. The van der Waals surface area contributed by atoms with Crippen LogP contribution in [0.2, 0.25) is 0 Å². The molecule has 5 rings (SSSR count). The first-order chi connectivity index (χ1) is 19.3. The summed E-state index contributed by atoms with van der Waals surface area (Å²) in [6, 6.07) is 7.43. The average molecular weight is 583 g/mol. The smallest absolute Gasteiger partial charge is 0.378 e. The van der Waals surface area contributed by atoms with Crippen LogP contribution in [0.1, 0.15) is 29.3 Å². The van der Waals surface area contributed by atoms with Crippen molar-refractivity contribution in [2.45, 2.75) is 37.7 Å². The molecular weight excluding hydrogens is 554 g/mol. The molecule has 1 aromatic carbocycles. The van der Waals surface area contributed by atoms with Crippen molar-refractivity contribution >= 4 is 23.3 Å². The fourth-order valence-corrected chi connectivity index (χ4v) is 4.85. The largest absolute Gasteiger partial charge is 0.421 e. The van der Waals surface area contributed by atoms with E-state index in [1.54, 1.807) is 4.90 Å². The number of aromatic nitrogens is 3. The molecule has 0 aliphatic carbocycles. The Labute approximate surface area is 232 Å². The van der Waals surface area contributed by atoms with Crippen LogP contribution in [-0.2, 0) is 29.4 Å². The number of fused-ring (bicyclic) bond motifs is 1. The summed E-state index contributed by atoms with van der Waals surface area (Å²) in [5, 5.41) is 13.2. The van der Waals surface area contributed by atoms with Gasteiger partial charge in [-0.1, -0.05) is 12.1 Å². The van der Waals surface area contributed by atoms with E-state index in [4.69, 9.17) is 14.7 Å². The Kier molecular flexibility index (Phi) is 7.72. The molecule has 0 bridgehead atoms. The van der Waals surface area contributed by atoms with E-state index >= 15 is 0 Å². The van der Waals surface area contributed by atoms with Crippen LogP contribution in [0.5, 0.6) is 0 Å². The third kappa shape index (κ3) is 6.03. The second-order valence-electron chi connectivity index (χ2n) is 10.0. The maximum absolute atomic E-state index is 13.7. The lowest BCUT2D eigenvalue weighted by Gasteiger charge is -2.28. The Morgan fingerprint density at radius 2 is 1.56 bits per heavy atom. The molecule has 4 heterocycles. The molecule has 0 amide bonds. The summed E-state index contributed by atoms with van der Waals surface area (Å²) >= 11 is 0. The van der Waals surface area contributed by atoms with Gasteiger partial charge in [0.25, 0.3) is 0 Å². The topological polar surface area (TPSA) is 86.6 Å². The summed E-state index contributed by atoms with van der Waals surface area (Å²) in [5.41, 5.74) is -2.39. The van der Waals surface area contributed by atoms with Crippen LogP contribution in [0, 0.1) is 0 Å². The van der Waals surface area contributed by atoms with Gasteiger partial charge in [0.15, 0.2) is 5.60 Å². The standard InChI is InChI=1S/C27H28F6N6O2/c1-25(40,27(31,32)33)17-4-6-18(7-5-17)35-22-19-8-11-38(23-20(26(28,29)30)3-2-10-34-23)12-9-21(19)36-24(37-22)39-13-15-41-16-14-39/h2-7,10,40H,8-9,11-16H2,1H3,(H,35,36,37). The van der Waals surface area contributed by atoms with Gasteiger partial charge in [-0.2, -0.15) is 31.3 Å². The number of hydrogen-bond acceptors (Lipinski definition) is 8. The zero-order chi connectivity index (χ0) is 29.4. The average Bonchev–Trinajstić information content (AvgIpc) is 3.16. The van der Waals surface area contributed by atoms with Gasteiger partial charge in [-0.15, -0.1) is 0 Å². The molecule has 1 atom stereocenters. The van der Waals surface area contributed by atoms with Crippen LogP contribution in [0.25, 0.3) is 0 Å². The van der Waals surface area contributed by atoms with Gasteiger partial charge in [0.1, 0.15) is 11.6 Å². The Balaban J connectivity index is 1.47. The van der Waals surface area contributed by atoms with Crippen molar-refractivity contribution in [3.05, 3.63) is 65.0 Å². The van der Waals surface area contributed by atoms with Crippen LogP contribution in [0.4, 0.5) is 49.6 Å². The lowest BCUT2D eigenvalue weighted by Crippen LogP contribution is -2.39. The SMILES string of the molecule is CC(O)(c1ccc(Nc2nc(N3CCOCC3)nc3c2CCN(c2ncccc2C(F)(F)F)CC3)cc1)C(F)(F)F. The number of rotatable bonds is 5. The molecular formula is C27H28F6N6O2. The van der Waals surface area contributed by atoms with Crippen molar-refractivity contribution in [3.8, 4) is 0 Å². The fraction of sp³-hybridized carbons (Fsp3) is 0.444. The number of anilines is 4. The highest BCUT2D eigenvalue weighted by atomic mass is 19.4. The van der Waals surface area contributed by atoms with Gasteiger partial charge in [-0.25, -0.2) is 9.97 Å². The number of pyridine rings is 1. The molecule has 41 heavy (non-hydrogen) atoms. The lowest BCUT2D eigenvalue weighted by molar-refractivity contribution is -0.258. The highest BCUT2D eigenvalue weighted by Gasteiger charge is 2.51. The van der Waals surface area contributed by atoms with Crippen LogP contribution in [-0.4, -0.2) is 65.6 Å². The predicted molar refractivity (Wildman–Crippen MR) is 139 cm³/mol. The predicted octanol–water partition coefficient (Wildman–Crippen LogP) is 4.85. The van der Waals surface area contributed by atoms with Crippen molar-refractivity contribution in [3.63, 3.8) is 0 Å². The first kappa shape index (κ1) is 28.9. The quantitative estimate of drug-likeness (QED) is 0.414. The molecule has 1 fully saturated rings. The third-order valence-electron chi connectivity index (χ3n) is 7.28. The van der Waals surface area contributed by atoms with E-state index in [1.807, 2.05) is 4.90 Å². The van der Waals surface area contributed by atoms with Crippen molar-refractivity contribution < 1.29 is 36.2 Å². The number of ether oxygens (including phenoxy) is 1. The highest BCUT2D eigenvalue weighted by Crippen LogP contribution is 2.39. The lowest BCUT2D eigenvalue weighted by atomic mass is 9.95. The summed E-state index contributed by atoms with van der Waals surface area (Å²) < 4.78 is 86.4. The summed E-state index contributed by atoms with van der Waals surface area (Å²) in [7, 11) is 0. The molecule has 8 nitrogen and oxygen atoms in total. The minimum absolute atomic E-state index is 0.156. The van der Waals surface area contributed by atoms with Gasteiger partial charge < -0.3 is 25.0 Å². The van der Waals surface area contributed by atoms with E-state index in [0.29, 0.717) is 74.8 Å². The molecule has 0 saturated carbocycles. The second kappa shape index (κ2) is 11.0. The molecule has 220 valence electrons. The highest BCUT2D eigenvalue weighted by molar-refractivity contribution is 5.63. The van der Waals surface area contributed by atoms with E-state index in [9.17, 15) is 31.4 Å². The number of nitrogens with one attached hydrogen (secondary N) is 1. The van der Waals surface area contributed by atoms with E-state index in [-0.39, 0.29) is 24.5 Å². The minimum atomic E-state index is -4.86. The maximum atomic E-state index is 13.7. The van der Waals surface area contributed by atoms with Gasteiger partial charge in [0, 0.05) is 50.0 Å². The van der Waals surface area contributed by atoms with Crippen LogP contribution in [0.3, 0.4) is 0 Å². The van der Waals surface area contributed by atoms with Crippen molar-refractivity contribution in [1.82, 2.24) is 15.0 Å². The summed E-state index contributed by atoms with van der Waals surface area (Å²) in [5.74, 6) is 0.676. The molecule has 1 saturated heterocycles. The minimum Gasteiger partial charge on any atom is -0.378 e. The molecule has 0 spiro atoms. The molecule has 2 N–H and O–H groups in total. The summed E-state index contributed by atoms with van der Waals surface area (Å²) in [4.78, 5) is 17.0. The van der Waals surface area contributed by atoms with Crippen molar-refractivity contribution in [1.29, 1.82) is 0 Å². The fourth-order valence-electron chi connectivity index (χ4n) is 4.85. The molecule has 2 aliphatic rings. The third-order valence-corrected chi connectivity index (χ3v) is 7.28. The Morgan fingerprint density at radius 3 is 2.22 bits per heavy atom. The number of aliphatic hydroxyl groups is 1. The molecule has 2 aromatic heterocycles. The normalized spacial score (nSPS) is 18.0. The van der Waals surface area contributed by atoms with Crippen LogP contribution < -0.4 is 15.1 Å². The Bertz CT molecular complexity index is 1370. The monoisotopic (exact) mass is 582 g/mol. The zero-order valence-corrected chi connectivity index (χ0v) is 22.1. The number of alkyl halides is 6. The van der Waals surface area contributed by atoms with Crippen LogP contribution in [0.15, 0.2) is 42.6 Å². The van der Waals surface area contributed by atoms with E-state index < -0.39 is 23.5 Å². The number of halogens is 6. The second-order valence-corrected chi connectivity index (χ2v) is 10.0. The maximum Gasteiger partial charge on any atom is 0.421 e. The number of hydrogen-bond donors (Lipinski definition) is 2. The Morgan fingerprint density at radius 1 is 0.878 bits per heavy atom.